The minimum atomic E-state index is -2.13. The molecule has 0 aromatic rings. The highest BCUT2D eigenvalue weighted by Crippen LogP contribution is 1.97. The van der Waals surface area contributed by atoms with Gasteiger partial charge in [-0.2, -0.15) is 0 Å². The van der Waals surface area contributed by atoms with Gasteiger partial charge in [-0.3, -0.25) is 0 Å². The number of ether oxygens (including phenoxy) is 2. The second-order valence-electron chi connectivity index (χ2n) is 3.62. The molecule has 0 amide bonds. The van der Waals surface area contributed by atoms with Crippen LogP contribution in [0, 0.1) is 0 Å². The van der Waals surface area contributed by atoms with Crippen LogP contribution in [0.5, 0.6) is 0 Å². The van der Waals surface area contributed by atoms with Crippen molar-refractivity contribution in [2.75, 3.05) is 33.0 Å². The second kappa shape index (κ2) is 34.5. The number of aliphatic hydroxyl groups excluding tert-OH is 4. The van der Waals surface area contributed by atoms with E-state index in [2.05, 4.69) is 31.1 Å². The highest BCUT2D eigenvalue weighted by atomic mass is 16.5. The molecule has 0 radical (unpaired) electrons. The fourth-order valence-electron chi connectivity index (χ4n) is 0.756. The Labute approximate surface area is 156 Å². The van der Waals surface area contributed by atoms with E-state index in [4.69, 9.17) is 30.3 Å². The van der Waals surface area contributed by atoms with Crippen LogP contribution in [-0.2, 0) is 19.1 Å². The highest BCUT2D eigenvalue weighted by molar-refractivity contribution is 5.84. The third-order valence-corrected chi connectivity index (χ3v) is 1.75. The normalized spacial score (nSPS) is 10.4. The summed E-state index contributed by atoms with van der Waals surface area (Å²) in [6.07, 6.45) is -3.60. The second-order valence-corrected chi connectivity index (χ2v) is 3.62. The molecule has 0 aromatic heterocycles. The topological polar surface area (TPSA) is 154 Å². The first-order chi connectivity index (χ1) is 12.3. The van der Waals surface area contributed by atoms with Crippen LogP contribution in [0.3, 0.4) is 0 Å². The van der Waals surface area contributed by atoms with Gasteiger partial charge in [0.15, 0.2) is 12.2 Å². The number of aliphatic hydroxyl groups is 4. The zero-order chi connectivity index (χ0) is 22.0. The van der Waals surface area contributed by atoms with Gasteiger partial charge in [-0.05, 0) is 20.3 Å². The van der Waals surface area contributed by atoms with Crippen molar-refractivity contribution in [1.82, 2.24) is 0 Å². The molecule has 158 valence electrons. The summed E-state index contributed by atoms with van der Waals surface area (Å²) in [5.74, 6) is -2.79. The summed E-state index contributed by atoms with van der Waals surface area (Å²) in [4.78, 5) is 20.9. The number of hydrogen-bond donors (Lipinski definition) is 5. The van der Waals surface area contributed by atoms with Crippen LogP contribution >= 0.6 is 0 Å². The Bertz CT molecular complexity index is 279. The van der Waals surface area contributed by atoms with Gasteiger partial charge in [0.05, 0.1) is 19.8 Å². The van der Waals surface area contributed by atoms with E-state index in [0.29, 0.717) is 6.42 Å². The first-order valence-electron chi connectivity index (χ1n) is 7.88. The molecule has 0 rings (SSSR count). The molecule has 26 heavy (non-hydrogen) atoms. The number of rotatable bonds is 8. The molecular weight excluding hydrogens is 348 g/mol. The zero-order valence-corrected chi connectivity index (χ0v) is 16.1. The van der Waals surface area contributed by atoms with Crippen LogP contribution in [0.4, 0.5) is 0 Å². The Morgan fingerprint density at radius 2 is 1.27 bits per heavy atom. The molecule has 2 unspecified atom stereocenters. The molecule has 0 saturated heterocycles. The van der Waals surface area contributed by atoms with E-state index >= 15 is 0 Å². The maximum absolute atomic E-state index is 10.8. The lowest BCUT2D eigenvalue weighted by atomic mass is 10.2. The monoisotopic (exact) mass is 384 g/mol. The van der Waals surface area contributed by atoms with E-state index < -0.39 is 24.1 Å². The van der Waals surface area contributed by atoms with E-state index in [9.17, 15) is 9.59 Å². The Kier molecular flexibility index (Phi) is 47.0. The van der Waals surface area contributed by atoms with Crippen molar-refractivity contribution in [3.8, 4) is 0 Å². The maximum atomic E-state index is 10.8. The number of carboxylic acids is 1. The molecule has 9 heteroatoms. The van der Waals surface area contributed by atoms with Crippen molar-refractivity contribution in [2.45, 2.75) is 39.4 Å². The number of carboxylic acid groups (broad SMARTS) is 1. The SMILES string of the molecule is C=C.C=C.CCCOC(=O)C(O)C(O)C(=O)O.CCOCC.OCCO. The zero-order valence-electron chi connectivity index (χ0n) is 16.1. The molecule has 0 fully saturated rings. The van der Waals surface area contributed by atoms with Crippen LogP contribution in [0.25, 0.3) is 0 Å². The molecular formula is C17H36O9. The van der Waals surface area contributed by atoms with Crippen molar-refractivity contribution in [3.05, 3.63) is 26.3 Å². The molecule has 2 atom stereocenters. The standard InChI is InChI=1S/C7H12O6.C4H10O.C2H6O2.2C2H4/c1-2-3-13-7(12)5(9)4(8)6(10)11;1-3-5-4-2;3-1-2-4;2*1-2/h4-5,8-9H,2-3H2,1H3,(H,10,11);3-4H2,1-2H3;3-4H,1-2H2;2*1-2H2. The van der Waals surface area contributed by atoms with Gasteiger partial charge in [-0.15, -0.1) is 26.3 Å². The Morgan fingerprint density at radius 1 is 0.885 bits per heavy atom. The number of carbonyl (C=O) groups excluding carboxylic acids is 1. The average Bonchev–Trinajstić information content (AvgIpc) is 2.69. The summed E-state index contributed by atoms with van der Waals surface area (Å²) in [7, 11) is 0. The largest absolute Gasteiger partial charge is 0.479 e. The lowest BCUT2D eigenvalue weighted by Gasteiger charge is -2.12. The van der Waals surface area contributed by atoms with E-state index in [1.54, 1.807) is 6.92 Å². The van der Waals surface area contributed by atoms with Crippen molar-refractivity contribution in [1.29, 1.82) is 0 Å². The predicted octanol–water partition coefficient (Wildman–Crippen LogP) is 0.364. The Hall–Kier alpha value is -1.78. The van der Waals surface area contributed by atoms with Crippen molar-refractivity contribution in [3.63, 3.8) is 0 Å². The fourth-order valence-corrected chi connectivity index (χ4v) is 0.756. The molecule has 0 aliphatic carbocycles. The molecule has 0 aliphatic heterocycles. The van der Waals surface area contributed by atoms with Crippen LogP contribution in [0.1, 0.15) is 27.2 Å². The number of aliphatic carboxylic acids is 1. The minimum Gasteiger partial charge on any atom is -0.479 e. The van der Waals surface area contributed by atoms with Gasteiger partial charge in [0.25, 0.3) is 0 Å². The molecule has 9 nitrogen and oxygen atoms in total. The molecule has 0 bridgehead atoms. The van der Waals surface area contributed by atoms with Gasteiger partial charge in [0.2, 0.25) is 0 Å². The van der Waals surface area contributed by atoms with E-state index in [-0.39, 0.29) is 19.8 Å². The number of esters is 1. The molecule has 0 heterocycles. The number of hydrogen-bond acceptors (Lipinski definition) is 8. The van der Waals surface area contributed by atoms with Gasteiger partial charge in [-0.25, -0.2) is 9.59 Å². The molecule has 5 N–H and O–H groups in total. The summed E-state index contributed by atoms with van der Waals surface area (Å²) in [5.41, 5.74) is 0. The smallest absolute Gasteiger partial charge is 0.338 e. The Balaban J connectivity index is -0.0000000933. The summed E-state index contributed by atoms with van der Waals surface area (Å²) in [6, 6.07) is 0. The van der Waals surface area contributed by atoms with E-state index in [1.807, 2.05) is 13.8 Å². The van der Waals surface area contributed by atoms with Crippen LogP contribution in [0.15, 0.2) is 26.3 Å². The summed E-state index contributed by atoms with van der Waals surface area (Å²) < 4.78 is 9.25. The summed E-state index contributed by atoms with van der Waals surface area (Å²) in [5, 5.41) is 41.1. The van der Waals surface area contributed by atoms with Crippen molar-refractivity contribution in [2.24, 2.45) is 0 Å². The van der Waals surface area contributed by atoms with Crippen molar-refractivity contribution >= 4 is 11.9 Å². The molecule has 0 spiro atoms. The van der Waals surface area contributed by atoms with Gasteiger partial charge >= 0.3 is 11.9 Å². The van der Waals surface area contributed by atoms with Crippen LogP contribution in [-0.4, -0.2) is 82.7 Å². The van der Waals surface area contributed by atoms with Gasteiger partial charge in [-0.1, -0.05) is 6.92 Å². The first-order valence-corrected chi connectivity index (χ1v) is 7.88. The van der Waals surface area contributed by atoms with Gasteiger partial charge in [0.1, 0.15) is 0 Å². The minimum absolute atomic E-state index is 0.0855. The van der Waals surface area contributed by atoms with Crippen LogP contribution < -0.4 is 0 Å². The summed E-state index contributed by atoms with van der Waals surface area (Å²) in [6.45, 7) is 19.2. The lowest BCUT2D eigenvalue weighted by Crippen LogP contribution is -2.40. The van der Waals surface area contributed by atoms with Crippen molar-refractivity contribution < 1.29 is 44.6 Å². The summed E-state index contributed by atoms with van der Waals surface area (Å²) >= 11 is 0. The van der Waals surface area contributed by atoms with E-state index in [1.165, 1.54) is 0 Å². The maximum Gasteiger partial charge on any atom is 0.338 e. The quantitative estimate of drug-likeness (QED) is 0.295. The predicted molar refractivity (Wildman–Crippen MR) is 99.7 cm³/mol. The highest BCUT2D eigenvalue weighted by Gasteiger charge is 2.31. The number of carbonyl (C=O) groups is 2. The molecule has 0 aromatic carbocycles. The molecule has 0 aliphatic rings. The fraction of sp³-hybridized carbons (Fsp3) is 0.647. The first kappa shape index (κ1) is 35.4. The third-order valence-electron chi connectivity index (χ3n) is 1.75. The van der Waals surface area contributed by atoms with Gasteiger partial charge in [0, 0.05) is 13.2 Å². The third kappa shape index (κ3) is 33.7. The van der Waals surface area contributed by atoms with Gasteiger partial charge < -0.3 is 35.0 Å². The van der Waals surface area contributed by atoms with Crippen LogP contribution in [0.2, 0.25) is 0 Å². The lowest BCUT2D eigenvalue weighted by molar-refractivity contribution is -0.169. The van der Waals surface area contributed by atoms with E-state index in [0.717, 1.165) is 13.2 Å². The average molecular weight is 384 g/mol. The Morgan fingerprint density at radius 3 is 1.46 bits per heavy atom. The molecule has 0 saturated carbocycles.